The minimum Gasteiger partial charge on any atom is -0.502 e. The molecule has 0 saturated carbocycles. The van der Waals surface area contributed by atoms with Gasteiger partial charge in [-0.25, -0.2) is 4.79 Å². The fourth-order valence-corrected chi connectivity index (χ4v) is 1.52. The highest BCUT2D eigenvalue weighted by Crippen LogP contribution is 2.34. The number of rotatable bonds is 1. The summed E-state index contributed by atoms with van der Waals surface area (Å²) >= 11 is 0. The van der Waals surface area contributed by atoms with Crippen molar-refractivity contribution in [2.45, 2.75) is 6.92 Å². The number of aryl methyl sites for hydroxylation is 1. The molecule has 1 heterocycles. The Morgan fingerprint density at radius 2 is 2.13 bits per heavy atom. The molecule has 4 nitrogen and oxygen atoms in total. The largest absolute Gasteiger partial charge is 0.502 e. The molecule has 0 aliphatic rings. The Hall–Kier alpha value is -1.97. The van der Waals surface area contributed by atoms with Crippen LogP contribution >= 0.6 is 0 Å². The maximum Gasteiger partial charge on any atom is 0.336 e. The molecule has 0 spiro atoms. The van der Waals surface area contributed by atoms with Crippen LogP contribution in [-0.2, 0) is 0 Å². The molecule has 15 heavy (non-hydrogen) atoms. The lowest BCUT2D eigenvalue weighted by Crippen LogP contribution is -1.98. The molecule has 78 valence electrons. The average Bonchev–Trinajstić information content (AvgIpc) is 2.19. The molecule has 1 aromatic carbocycles. The summed E-state index contributed by atoms with van der Waals surface area (Å²) in [5.41, 5.74) is 0.446. The molecule has 0 atom stereocenters. The second-order valence-electron chi connectivity index (χ2n) is 3.24. The molecule has 0 fully saturated rings. The molecule has 2 rings (SSSR count). The van der Waals surface area contributed by atoms with Gasteiger partial charge in [0, 0.05) is 11.5 Å². The zero-order valence-corrected chi connectivity index (χ0v) is 8.40. The monoisotopic (exact) mass is 206 g/mol. The highest BCUT2D eigenvalue weighted by Gasteiger charge is 2.11. The predicted molar refractivity (Wildman–Crippen MR) is 55.4 cm³/mol. The van der Waals surface area contributed by atoms with Gasteiger partial charge in [0.25, 0.3) is 0 Å². The van der Waals surface area contributed by atoms with Gasteiger partial charge in [-0.3, -0.25) is 0 Å². The van der Waals surface area contributed by atoms with E-state index in [0.29, 0.717) is 5.39 Å². The quantitative estimate of drug-likeness (QED) is 0.723. The summed E-state index contributed by atoms with van der Waals surface area (Å²) in [5.74, 6) is 0.145. The van der Waals surface area contributed by atoms with Gasteiger partial charge in [-0.05, 0) is 24.6 Å². The summed E-state index contributed by atoms with van der Waals surface area (Å²) in [6, 6.07) is 4.76. The lowest BCUT2D eigenvalue weighted by Gasteiger charge is -2.06. The molecular weight excluding hydrogens is 196 g/mol. The van der Waals surface area contributed by atoms with Crippen molar-refractivity contribution < 1.29 is 14.3 Å². The smallest absolute Gasteiger partial charge is 0.336 e. The molecule has 0 aliphatic carbocycles. The number of methoxy groups -OCH3 is 1. The summed E-state index contributed by atoms with van der Waals surface area (Å²) in [6.07, 6.45) is 0. The van der Waals surface area contributed by atoms with Crippen LogP contribution in [0.3, 0.4) is 0 Å². The average molecular weight is 206 g/mol. The fourth-order valence-electron chi connectivity index (χ4n) is 1.52. The Morgan fingerprint density at radius 3 is 2.80 bits per heavy atom. The van der Waals surface area contributed by atoms with Gasteiger partial charge in [0.05, 0.1) is 7.11 Å². The number of hydrogen-bond acceptors (Lipinski definition) is 4. The molecule has 1 N–H and O–H groups in total. The van der Waals surface area contributed by atoms with Crippen molar-refractivity contribution in [3.63, 3.8) is 0 Å². The molecule has 0 bridgehead atoms. The third-order valence-corrected chi connectivity index (χ3v) is 2.28. The first-order chi connectivity index (χ1) is 7.13. The molecule has 0 unspecified atom stereocenters. The maximum atomic E-state index is 11.1. The Bertz CT molecular complexity index is 569. The normalized spacial score (nSPS) is 10.5. The van der Waals surface area contributed by atoms with Crippen LogP contribution in [0, 0.1) is 6.92 Å². The molecule has 0 amide bonds. The van der Waals surface area contributed by atoms with E-state index in [0.717, 1.165) is 5.56 Å². The molecule has 0 saturated heterocycles. The van der Waals surface area contributed by atoms with E-state index < -0.39 is 5.63 Å². The maximum absolute atomic E-state index is 11.1. The molecule has 4 heteroatoms. The van der Waals surface area contributed by atoms with Crippen molar-refractivity contribution in [2.75, 3.05) is 7.11 Å². The number of aromatic hydroxyl groups is 1. The zero-order valence-electron chi connectivity index (χ0n) is 8.40. The predicted octanol–water partition coefficient (Wildman–Crippen LogP) is 1.82. The Labute approximate surface area is 85.7 Å². The van der Waals surface area contributed by atoms with E-state index >= 15 is 0 Å². The van der Waals surface area contributed by atoms with E-state index in [9.17, 15) is 9.90 Å². The molecule has 0 aliphatic heterocycles. The van der Waals surface area contributed by atoms with E-state index in [4.69, 9.17) is 9.15 Å². The lowest BCUT2D eigenvalue weighted by molar-refractivity contribution is 0.370. The lowest BCUT2D eigenvalue weighted by atomic mass is 10.1. The van der Waals surface area contributed by atoms with Gasteiger partial charge in [-0.1, -0.05) is 0 Å². The highest BCUT2D eigenvalue weighted by molar-refractivity contribution is 5.87. The van der Waals surface area contributed by atoms with Gasteiger partial charge in [0.2, 0.25) is 5.75 Å². The van der Waals surface area contributed by atoms with E-state index in [1.807, 2.05) is 0 Å². The summed E-state index contributed by atoms with van der Waals surface area (Å²) in [5, 5.41) is 10.4. The van der Waals surface area contributed by atoms with Gasteiger partial charge in [-0.2, -0.15) is 0 Å². The third-order valence-electron chi connectivity index (χ3n) is 2.28. The Balaban J connectivity index is 2.92. The molecule has 0 radical (unpaired) electrons. The van der Waals surface area contributed by atoms with Gasteiger partial charge in [-0.15, -0.1) is 0 Å². The standard InChI is InChI=1S/C11H10O4/c1-6-5-9(12)15-11-7(6)3-4-8(14-2)10(11)13/h3-5,13H,1-2H3. The van der Waals surface area contributed by atoms with Gasteiger partial charge in [0.1, 0.15) is 0 Å². The van der Waals surface area contributed by atoms with Crippen molar-refractivity contribution in [1.82, 2.24) is 0 Å². The van der Waals surface area contributed by atoms with Crippen LogP contribution in [0.15, 0.2) is 27.4 Å². The van der Waals surface area contributed by atoms with E-state index in [-0.39, 0.29) is 17.1 Å². The van der Waals surface area contributed by atoms with Crippen LogP contribution in [0.5, 0.6) is 11.5 Å². The minimum atomic E-state index is -0.483. The second kappa shape index (κ2) is 3.31. The van der Waals surface area contributed by atoms with Gasteiger partial charge in [0.15, 0.2) is 11.3 Å². The first-order valence-corrected chi connectivity index (χ1v) is 4.44. The summed E-state index contributed by atoms with van der Waals surface area (Å²) in [6.45, 7) is 1.78. The summed E-state index contributed by atoms with van der Waals surface area (Å²) in [4.78, 5) is 11.1. The topological polar surface area (TPSA) is 59.7 Å². The van der Waals surface area contributed by atoms with Gasteiger partial charge >= 0.3 is 5.63 Å². The Morgan fingerprint density at radius 1 is 1.40 bits per heavy atom. The van der Waals surface area contributed by atoms with Crippen molar-refractivity contribution >= 4 is 11.0 Å². The van der Waals surface area contributed by atoms with Crippen LogP contribution in [-0.4, -0.2) is 12.2 Å². The number of phenols is 1. The minimum absolute atomic E-state index is 0.143. The van der Waals surface area contributed by atoms with Crippen LogP contribution in [0.4, 0.5) is 0 Å². The highest BCUT2D eigenvalue weighted by atomic mass is 16.5. The van der Waals surface area contributed by atoms with Crippen LogP contribution < -0.4 is 10.4 Å². The molecule has 1 aromatic heterocycles. The van der Waals surface area contributed by atoms with E-state index in [2.05, 4.69) is 0 Å². The van der Waals surface area contributed by atoms with Crippen molar-refractivity contribution in [2.24, 2.45) is 0 Å². The summed E-state index contributed by atoms with van der Waals surface area (Å²) in [7, 11) is 1.44. The first-order valence-electron chi connectivity index (χ1n) is 4.44. The number of hydrogen-bond donors (Lipinski definition) is 1. The van der Waals surface area contributed by atoms with Gasteiger partial charge < -0.3 is 14.3 Å². The summed E-state index contributed by atoms with van der Waals surface area (Å²) < 4.78 is 9.85. The van der Waals surface area contributed by atoms with Crippen molar-refractivity contribution in [3.8, 4) is 11.5 Å². The number of benzene rings is 1. The number of phenolic OH excluding ortho intramolecular Hbond substituents is 1. The number of ether oxygens (including phenoxy) is 1. The molecule has 2 aromatic rings. The third kappa shape index (κ3) is 1.44. The SMILES string of the molecule is COc1ccc2c(C)cc(=O)oc2c1O. The van der Waals surface area contributed by atoms with Crippen LogP contribution in [0.1, 0.15) is 5.56 Å². The van der Waals surface area contributed by atoms with Crippen LogP contribution in [0.2, 0.25) is 0 Å². The zero-order chi connectivity index (χ0) is 11.0. The second-order valence-corrected chi connectivity index (χ2v) is 3.24. The Kier molecular flexibility index (Phi) is 2.11. The van der Waals surface area contributed by atoms with E-state index in [1.54, 1.807) is 19.1 Å². The van der Waals surface area contributed by atoms with Crippen molar-refractivity contribution in [3.05, 3.63) is 34.2 Å². The molecular formula is C11H10O4. The van der Waals surface area contributed by atoms with E-state index in [1.165, 1.54) is 13.2 Å². The van der Waals surface area contributed by atoms with Crippen molar-refractivity contribution in [1.29, 1.82) is 0 Å². The first kappa shape index (κ1) is 9.58. The fraction of sp³-hybridized carbons (Fsp3) is 0.182. The van der Waals surface area contributed by atoms with Crippen LogP contribution in [0.25, 0.3) is 11.0 Å². The number of fused-ring (bicyclic) bond motifs is 1.